The summed E-state index contributed by atoms with van der Waals surface area (Å²) in [6.45, 7) is 3.84. The average Bonchev–Trinajstić information content (AvgIpc) is 2.48. The SMILES string of the molecule is CCOC(=O)CC#Cc1ccc(C(=O)C(=O)OCC)cc1. The van der Waals surface area contributed by atoms with Gasteiger partial charge in [0.1, 0.15) is 6.42 Å². The number of hydrogen-bond acceptors (Lipinski definition) is 5. The molecule has 0 unspecified atom stereocenters. The first kappa shape index (κ1) is 16.4. The highest BCUT2D eigenvalue weighted by atomic mass is 16.5. The first-order chi connectivity index (χ1) is 10.1. The molecule has 0 heterocycles. The van der Waals surface area contributed by atoms with E-state index in [1.54, 1.807) is 26.0 Å². The fourth-order valence-electron chi connectivity index (χ4n) is 1.45. The second-order valence-electron chi connectivity index (χ2n) is 3.91. The zero-order valence-electron chi connectivity index (χ0n) is 12.0. The Morgan fingerprint density at radius 1 is 1.00 bits per heavy atom. The van der Waals surface area contributed by atoms with Crippen molar-refractivity contribution in [1.82, 2.24) is 0 Å². The molecule has 0 aromatic heterocycles. The summed E-state index contributed by atoms with van der Waals surface area (Å²) >= 11 is 0. The standard InChI is InChI=1S/C16H16O5/c1-3-20-14(17)7-5-6-12-8-10-13(11-9-12)15(18)16(19)21-4-2/h8-11H,3-4,7H2,1-2H3. The molecule has 0 saturated carbocycles. The first-order valence-electron chi connectivity index (χ1n) is 6.54. The van der Waals surface area contributed by atoms with Crippen molar-refractivity contribution in [3.8, 4) is 11.8 Å². The predicted molar refractivity (Wildman–Crippen MR) is 75.5 cm³/mol. The summed E-state index contributed by atoms with van der Waals surface area (Å²) in [7, 11) is 0. The normalized spacial score (nSPS) is 9.24. The van der Waals surface area contributed by atoms with Crippen LogP contribution < -0.4 is 0 Å². The zero-order valence-corrected chi connectivity index (χ0v) is 12.0. The molecule has 0 amide bonds. The Morgan fingerprint density at radius 2 is 1.62 bits per heavy atom. The Hall–Kier alpha value is -2.61. The molecular weight excluding hydrogens is 272 g/mol. The van der Waals surface area contributed by atoms with Gasteiger partial charge in [-0.05, 0) is 38.1 Å². The summed E-state index contributed by atoms with van der Waals surface area (Å²) in [5.74, 6) is 3.51. The van der Waals surface area contributed by atoms with Gasteiger partial charge in [-0.1, -0.05) is 11.8 Å². The Labute approximate surface area is 123 Å². The lowest BCUT2D eigenvalue weighted by molar-refractivity contribution is -0.142. The third-order valence-electron chi connectivity index (χ3n) is 2.38. The van der Waals surface area contributed by atoms with E-state index in [1.165, 1.54) is 12.1 Å². The number of benzene rings is 1. The molecule has 0 aliphatic carbocycles. The molecule has 21 heavy (non-hydrogen) atoms. The molecule has 1 aromatic carbocycles. The molecule has 5 nitrogen and oxygen atoms in total. The van der Waals surface area contributed by atoms with Crippen LogP contribution in [0.25, 0.3) is 0 Å². The molecule has 0 aliphatic heterocycles. The second kappa shape index (κ2) is 8.54. The van der Waals surface area contributed by atoms with Gasteiger partial charge >= 0.3 is 11.9 Å². The molecular formula is C16H16O5. The van der Waals surface area contributed by atoms with E-state index >= 15 is 0 Å². The number of hydrogen-bond donors (Lipinski definition) is 0. The maximum absolute atomic E-state index is 11.6. The maximum Gasteiger partial charge on any atom is 0.379 e. The largest absolute Gasteiger partial charge is 0.465 e. The van der Waals surface area contributed by atoms with Crippen LogP contribution in [0.1, 0.15) is 36.2 Å². The second-order valence-corrected chi connectivity index (χ2v) is 3.91. The van der Waals surface area contributed by atoms with E-state index in [4.69, 9.17) is 4.74 Å². The van der Waals surface area contributed by atoms with Crippen molar-refractivity contribution in [3.63, 3.8) is 0 Å². The third kappa shape index (κ3) is 5.49. The van der Waals surface area contributed by atoms with Crippen LogP contribution in [-0.2, 0) is 19.1 Å². The summed E-state index contributed by atoms with van der Waals surface area (Å²) in [5, 5.41) is 0. The molecule has 0 atom stereocenters. The minimum absolute atomic E-state index is 0.0113. The number of esters is 2. The lowest BCUT2D eigenvalue weighted by atomic mass is 10.1. The lowest BCUT2D eigenvalue weighted by Gasteiger charge is -2.00. The van der Waals surface area contributed by atoms with E-state index < -0.39 is 11.8 Å². The van der Waals surface area contributed by atoms with Crippen LogP contribution >= 0.6 is 0 Å². The summed E-state index contributed by atoms with van der Waals surface area (Å²) in [4.78, 5) is 34.0. The number of rotatable bonds is 5. The monoisotopic (exact) mass is 288 g/mol. The summed E-state index contributed by atoms with van der Waals surface area (Å²) < 4.78 is 9.38. The number of ether oxygens (including phenoxy) is 2. The molecule has 1 aromatic rings. The molecule has 0 N–H and O–H groups in total. The van der Waals surface area contributed by atoms with Crippen molar-refractivity contribution in [2.75, 3.05) is 13.2 Å². The van der Waals surface area contributed by atoms with Crippen LogP contribution in [0.5, 0.6) is 0 Å². The molecule has 0 saturated heterocycles. The lowest BCUT2D eigenvalue weighted by Crippen LogP contribution is -2.17. The Bertz CT molecular complexity index is 575. The van der Waals surface area contributed by atoms with Crippen molar-refractivity contribution in [1.29, 1.82) is 0 Å². The smallest absolute Gasteiger partial charge is 0.379 e. The van der Waals surface area contributed by atoms with Gasteiger partial charge in [0.25, 0.3) is 5.78 Å². The molecule has 0 spiro atoms. The Kier molecular flexibility index (Phi) is 6.69. The number of Topliss-reactive ketones (excluding diaryl/α,β-unsaturated/α-hetero) is 1. The highest BCUT2D eigenvalue weighted by Gasteiger charge is 2.16. The Balaban J connectivity index is 2.66. The minimum Gasteiger partial charge on any atom is -0.465 e. The molecule has 5 heteroatoms. The maximum atomic E-state index is 11.6. The number of ketones is 1. The quantitative estimate of drug-likeness (QED) is 0.357. The van der Waals surface area contributed by atoms with Crippen LogP contribution in [0.4, 0.5) is 0 Å². The van der Waals surface area contributed by atoms with Crippen LogP contribution in [0.15, 0.2) is 24.3 Å². The molecule has 110 valence electrons. The van der Waals surface area contributed by atoms with Gasteiger partial charge < -0.3 is 9.47 Å². The van der Waals surface area contributed by atoms with E-state index in [0.717, 1.165) is 0 Å². The van der Waals surface area contributed by atoms with Gasteiger partial charge in [-0.25, -0.2) is 4.79 Å². The topological polar surface area (TPSA) is 69.7 Å². The van der Waals surface area contributed by atoms with E-state index in [0.29, 0.717) is 12.2 Å². The van der Waals surface area contributed by atoms with Crippen molar-refractivity contribution in [2.45, 2.75) is 20.3 Å². The third-order valence-corrected chi connectivity index (χ3v) is 2.38. The molecule has 0 bridgehead atoms. The van der Waals surface area contributed by atoms with Gasteiger partial charge in [-0.2, -0.15) is 0 Å². The minimum atomic E-state index is -0.876. The van der Waals surface area contributed by atoms with Gasteiger partial charge in [-0.15, -0.1) is 0 Å². The highest BCUT2D eigenvalue weighted by Crippen LogP contribution is 2.05. The summed E-state index contributed by atoms with van der Waals surface area (Å²) in [6.07, 6.45) is 0.0113. The number of carbonyl (C=O) groups is 3. The predicted octanol–water partition coefficient (Wildman–Crippen LogP) is 1.74. The van der Waals surface area contributed by atoms with Gasteiger partial charge in [0.05, 0.1) is 13.2 Å². The van der Waals surface area contributed by atoms with Crippen LogP contribution in [0.3, 0.4) is 0 Å². The average molecular weight is 288 g/mol. The van der Waals surface area contributed by atoms with E-state index in [9.17, 15) is 14.4 Å². The van der Waals surface area contributed by atoms with Gasteiger partial charge in [0.2, 0.25) is 0 Å². The molecule has 0 aliphatic rings. The summed E-state index contributed by atoms with van der Waals surface area (Å²) in [5.41, 5.74) is 0.879. The van der Waals surface area contributed by atoms with Crippen molar-refractivity contribution in [3.05, 3.63) is 35.4 Å². The van der Waals surface area contributed by atoms with Gasteiger partial charge in [-0.3, -0.25) is 9.59 Å². The molecule has 0 radical (unpaired) electrons. The fraction of sp³-hybridized carbons (Fsp3) is 0.312. The first-order valence-corrected chi connectivity index (χ1v) is 6.54. The van der Waals surface area contributed by atoms with E-state index in [-0.39, 0.29) is 24.6 Å². The van der Waals surface area contributed by atoms with Crippen molar-refractivity contribution >= 4 is 17.7 Å². The molecule has 1 rings (SSSR count). The van der Waals surface area contributed by atoms with Crippen LogP contribution in [-0.4, -0.2) is 30.9 Å². The van der Waals surface area contributed by atoms with Gasteiger partial charge in [0, 0.05) is 11.1 Å². The van der Waals surface area contributed by atoms with E-state index in [2.05, 4.69) is 16.6 Å². The number of carbonyl (C=O) groups excluding carboxylic acids is 3. The Morgan fingerprint density at radius 3 is 2.19 bits per heavy atom. The van der Waals surface area contributed by atoms with Crippen LogP contribution in [0.2, 0.25) is 0 Å². The van der Waals surface area contributed by atoms with Gasteiger partial charge in [0.15, 0.2) is 0 Å². The highest BCUT2D eigenvalue weighted by molar-refractivity contribution is 6.40. The van der Waals surface area contributed by atoms with E-state index in [1.807, 2.05) is 0 Å². The summed E-state index contributed by atoms with van der Waals surface area (Å²) in [6, 6.07) is 6.19. The molecule has 0 fully saturated rings. The van der Waals surface area contributed by atoms with Crippen molar-refractivity contribution in [2.24, 2.45) is 0 Å². The van der Waals surface area contributed by atoms with Crippen molar-refractivity contribution < 1.29 is 23.9 Å². The van der Waals surface area contributed by atoms with Crippen LogP contribution in [0, 0.1) is 11.8 Å². The zero-order chi connectivity index (χ0) is 15.7. The fourth-order valence-corrected chi connectivity index (χ4v) is 1.45.